The quantitative estimate of drug-likeness (QED) is 0.181. The van der Waals surface area contributed by atoms with E-state index in [1.54, 1.807) is 12.1 Å². The first-order valence-electron chi connectivity index (χ1n) is 14.5. The Morgan fingerprint density at radius 3 is 2.11 bits per heavy atom. The van der Waals surface area contributed by atoms with Crippen LogP contribution in [-0.2, 0) is 13.0 Å². The summed E-state index contributed by atoms with van der Waals surface area (Å²) < 4.78 is 12.0. The molecule has 0 amide bonds. The summed E-state index contributed by atoms with van der Waals surface area (Å²) in [5, 5.41) is 19.9. The van der Waals surface area contributed by atoms with Crippen molar-refractivity contribution < 1.29 is 14.6 Å². The molecule has 2 heterocycles. The van der Waals surface area contributed by atoms with Crippen molar-refractivity contribution in [2.75, 3.05) is 64.9 Å². The third-order valence-corrected chi connectivity index (χ3v) is 8.27. The Bertz CT molecular complexity index is 1510. The molecular weight excluding hydrogens is 621 g/mol. The maximum absolute atomic E-state index is 10.0. The minimum Gasteiger partial charge on any atom is -0.505 e. The van der Waals surface area contributed by atoms with E-state index >= 15 is 0 Å². The van der Waals surface area contributed by atoms with Crippen LogP contribution in [0.1, 0.15) is 11.1 Å². The number of ether oxygens (including phenoxy) is 2. The molecule has 11 heteroatoms. The lowest BCUT2D eigenvalue weighted by Crippen LogP contribution is -2.46. The van der Waals surface area contributed by atoms with E-state index in [1.165, 1.54) is 5.56 Å². The predicted octanol–water partition coefficient (Wildman–Crippen LogP) is 6.69. The van der Waals surface area contributed by atoms with Crippen molar-refractivity contribution in [1.82, 2.24) is 20.0 Å². The Kier molecular flexibility index (Phi) is 11.1. The molecule has 5 rings (SSSR count). The molecule has 0 aliphatic carbocycles. The topological polar surface area (TPSA) is 74.2 Å². The highest BCUT2D eigenvalue weighted by molar-refractivity contribution is 6.37. The SMILES string of the molecule is CN(C)CCOc1ccc(CN2CCN(c3cc(-c4cc(Cl)c(O)c(Cl)c4)nnc3OCCc3ccc(Cl)cc3)CC2)cc1. The van der Waals surface area contributed by atoms with Crippen molar-refractivity contribution in [1.29, 1.82) is 0 Å². The fourth-order valence-electron chi connectivity index (χ4n) is 4.91. The Balaban J connectivity index is 1.26. The van der Waals surface area contributed by atoms with Gasteiger partial charge in [0, 0.05) is 56.3 Å². The summed E-state index contributed by atoms with van der Waals surface area (Å²) in [7, 11) is 4.07. The van der Waals surface area contributed by atoms with Gasteiger partial charge in [-0.1, -0.05) is 59.1 Å². The van der Waals surface area contributed by atoms with Gasteiger partial charge in [-0.3, -0.25) is 4.90 Å². The molecule has 0 saturated carbocycles. The number of phenols is 1. The second-order valence-electron chi connectivity index (χ2n) is 11.0. The maximum atomic E-state index is 10.0. The highest BCUT2D eigenvalue weighted by Crippen LogP contribution is 2.38. The molecule has 1 saturated heterocycles. The van der Waals surface area contributed by atoms with Gasteiger partial charge >= 0.3 is 0 Å². The van der Waals surface area contributed by atoms with Gasteiger partial charge in [-0.05, 0) is 67.7 Å². The smallest absolute Gasteiger partial charge is 0.257 e. The average molecular weight is 657 g/mol. The van der Waals surface area contributed by atoms with Crippen molar-refractivity contribution in [2.24, 2.45) is 0 Å². The normalized spacial score (nSPS) is 13.8. The molecule has 0 unspecified atom stereocenters. The largest absolute Gasteiger partial charge is 0.505 e. The minimum atomic E-state index is -0.157. The molecule has 1 aromatic heterocycles. The summed E-state index contributed by atoms with van der Waals surface area (Å²) in [4.78, 5) is 6.82. The minimum absolute atomic E-state index is 0.154. The van der Waals surface area contributed by atoms with Crippen LogP contribution in [-0.4, -0.2) is 85.1 Å². The first-order valence-corrected chi connectivity index (χ1v) is 15.7. The van der Waals surface area contributed by atoms with Crippen LogP contribution >= 0.6 is 34.8 Å². The maximum Gasteiger partial charge on any atom is 0.257 e. The summed E-state index contributed by atoms with van der Waals surface area (Å²) in [5.74, 6) is 1.20. The van der Waals surface area contributed by atoms with Crippen molar-refractivity contribution in [2.45, 2.75) is 13.0 Å². The van der Waals surface area contributed by atoms with Gasteiger partial charge in [-0.25, -0.2) is 0 Å². The van der Waals surface area contributed by atoms with Crippen LogP contribution in [0.4, 0.5) is 5.69 Å². The zero-order valence-electron chi connectivity index (χ0n) is 24.8. The molecule has 3 aromatic carbocycles. The molecule has 1 N–H and O–H groups in total. The van der Waals surface area contributed by atoms with Crippen molar-refractivity contribution in [3.8, 4) is 28.6 Å². The molecule has 1 aliphatic heterocycles. The van der Waals surface area contributed by atoms with Gasteiger partial charge in [0.1, 0.15) is 18.0 Å². The lowest BCUT2D eigenvalue weighted by molar-refractivity contribution is 0.247. The second-order valence-corrected chi connectivity index (χ2v) is 12.2. The Morgan fingerprint density at radius 1 is 0.795 bits per heavy atom. The van der Waals surface area contributed by atoms with Crippen LogP contribution < -0.4 is 14.4 Å². The van der Waals surface area contributed by atoms with E-state index in [4.69, 9.17) is 44.3 Å². The molecule has 0 radical (unpaired) electrons. The van der Waals surface area contributed by atoms with E-state index in [9.17, 15) is 5.11 Å². The molecule has 0 spiro atoms. The number of hydrogen-bond donors (Lipinski definition) is 1. The number of likely N-dealkylation sites (N-methyl/N-ethyl adjacent to an activating group) is 1. The molecule has 1 aliphatic rings. The zero-order valence-corrected chi connectivity index (χ0v) is 27.1. The first kappa shape index (κ1) is 32.1. The molecular formula is C33H36Cl3N5O3. The highest BCUT2D eigenvalue weighted by atomic mass is 35.5. The van der Waals surface area contributed by atoms with E-state index in [2.05, 4.69) is 37.0 Å². The fourth-order valence-corrected chi connectivity index (χ4v) is 5.53. The number of aromatic nitrogens is 2. The Hall–Kier alpha value is -3.27. The van der Waals surface area contributed by atoms with Crippen LogP contribution in [0.3, 0.4) is 0 Å². The predicted molar refractivity (Wildman–Crippen MR) is 178 cm³/mol. The molecule has 0 bridgehead atoms. The second kappa shape index (κ2) is 15.1. The summed E-state index contributed by atoms with van der Waals surface area (Å²) in [6.45, 7) is 6.18. The van der Waals surface area contributed by atoms with E-state index < -0.39 is 0 Å². The number of piperazine rings is 1. The lowest BCUT2D eigenvalue weighted by atomic mass is 10.1. The van der Waals surface area contributed by atoms with Crippen LogP contribution in [0.15, 0.2) is 66.7 Å². The average Bonchev–Trinajstić information content (AvgIpc) is 3.02. The number of nitrogens with zero attached hydrogens (tertiary/aromatic N) is 5. The summed E-state index contributed by atoms with van der Waals surface area (Å²) in [5.41, 5.74) is 4.47. The van der Waals surface area contributed by atoms with E-state index in [0.29, 0.717) is 41.8 Å². The first-order chi connectivity index (χ1) is 21.2. The Morgan fingerprint density at radius 2 is 1.45 bits per heavy atom. The van der Waals surface area contributed by atoms with Crippen molar-refractivity contribution in [3.05, 3.63) is 92.9 Å². The molecule has 232 valence electrons. The standard InChI is InChI=1S/C33H36Cl3N5O3/c1-39(2)16-18-43-27-9-5-24(6-10-27)22-40-12-14-41(15-13-40)31-21-30(25-19-28(35)32(42)29(36)20-25)37-38-33(31)44-17-11-23-3-7-26(34)8-4-23/h3-10,19-21,42H,11-18,22H2,1-2H3. The summed E-state index contributed by atoms with van der Waals surface area (Å²) in [6.07, 6.45) is 0.705. The summed E-state index contributed by atoms with van der Waals surface area (Å²) in [6, 6.07) is 21.3. The zero-order chi connectivity index (χ0) is 31.1. The van der Waals surface area contributed by atoms with Crippen molar-refractivity contribution in [3.63, 3.8) is 0 Å². The molecule has 4 aromatic rings. The third-order valence-electron chi connectivity index (χ3n) is 7.45. The van der Waals surface area contributed by atoms with E-state index in [-0.39, 0.29) is 15.8 Å². The monoisotopic (exact) mass is 655 g/mol. The van der Waals surface area contributed by atoms with Crippen LogP contribution in [0.2, 0.25) is 15.1 Å². The summed E-state index contributed by atoms with van der Waals surface area (Å²) >= 11 is 18.5. The van der Waals surface area contributed by atoms with Crippen LogP contribution in [0.25, 0.3) is 11.3 Å². The molecule has 1 fully saturated rings. The highest BCUT2D eigenvalue weighted by Gasteiger charge is 2.23. The van der Waals surface area contributed by atoms with E-state index in [1.807, 2.05) is 56.6 Å². The van der Waals surface area contributed by atoms with Gasteiger partial charge in [0.15, 0.2) is 5.75 Å². The number of benzene rings is 3. The lowest BCUT2D eigenvalue weighted by Gasteiger charge is -2.36. The van der Waals surface area contributed by atoms with Gasteiger partial charge < -0.3 is 24.4 Å². The van der Waals surface area contributed by atoms with Gasteiger partial charge in [-0.15, -0.1) is 10.2 Å². The van der Waals surface area contributed by atoms with Gasteiger partial charge in [-0.2, -0.15) is 0 Å². The van der Waals surface area contributed by atoms with Crippen LogP contribution in [0, 0.1) is 0 Å². The van der Waals surface area contributed by atoms with Gasteiger partial charge in [0.05, 0.1) is 22.3 Å². The number of anilines is 1. The van der Waals surface area contributed by atoms with Gasteiger partial charge in [0.25, 0.3) is 5.88 Å². The van der Waals surface area contributed by atoms with Crippen molar-refractivity contribution >= 4 is 40.5 Å². The number of rotatable bonds is 12. The fraction of sp³-hybridized carbons (Fsp3) is 0.333. The number of halogens is 3. The number of aromatic hydroxyl groups is 1. The van der Waals surface area contributed by atoms with Crippen LogP contribution in [0.5, 0.6) is 17.4 Å². The Labute approximate surface area is 273 Å². The molecule has 8 nitrogen and oxygen atoms in total. The third kappa shape index (κ3) is 8.67. The van der Waals surface area contributed by atoms with E-state index in [0.717, 1.165) is 56.3 Å². The number of hydrogen-bond acceptors (Lipinski definition) is 8. The molecule has 44 heavy (non-hydrogen) atoms. The van der Waals surface area contributed by atoms with Gasteiger partial charge in [0.2, 0.25) is 0 Å². The molecule has 0 atom stereocenters. The number of phenolic OH excluding ortho intramolecular Hbond substituents is 1.